The Balaban J connectivity index is 1.77. The number of Topliss-reactive ketones (excluding diaryl/α,β-unsaturated/α-hetero) is 1. The van der Waals surface area contributed by atoms with Crippen LogP contribution in [0.25, 0.3) is 0 Å². The Labute approximate surface area is 117 Å². The summed E-state index contributed by atoms with van der Waals surface area (Å²) in [6.07, 6.45) is 3.37. The summed E-state index contributed by atoms with van der Waals surface area (Å²) < 4.78 is 5.68. The van der Waals surface area contributed by atoms with Gasteiger partial charge < -0.3 is 15.4 Å². The van der Waals surface area contributed by atoms with Crippen molar-refractivity contribution in [2.75, 3.05) is 30.3 Å². The Morgan fingerprint density at radius 2 is 2.37 bits per heavy atom. The van der Waals surface area contributed by atoms with Gasteiger partial charge in [-0.3, -0.25) is 4.79 Å². The number of morpholine rings is 1. The first-order valence-electron chi connectivity index (χ1n) is 6.99. The fourth-order valence-corrected chi connectivity index (χ4v) is 3.57. The lowest BCUT2D eigenvalue weighted by atomic mass is 10.2. The molecule has 2 heterocycles. The molecule has 1 aliphatic carbocycles. The maximum Gasteiger partial charge on any atom is 0.178 e. The smallest absolute Gasteiger partial charge is 0.178 e. The highest BCUT2D eigenvalue weighted by molar-refractivity contribution is 7.18. The summed E-state index contributed by atoms with van der Waals surface area (Å²) >= 11 is 1.55. The second-order valence-electron chi connectivity index (χ2n) is 5.35. The summed E-state index contributed by atoms with van der Waals surface area (Å²) in [6.45, 7) is 4.67. The molecule has 1 aliphatic heterocycles. The van der Waals surface area contributed by atoms with Crippen molar-refractivity contribution < 1.29 is 9.53 Å². The third-order valence-corrected chi connectivity index (χ3v) is 5.05. The van der Waals surface area contributed by atoms with E-state index in [0.717, 1.165) is 48.8 Å². The molecular weight excluding hydrogens is 260 g/mol. The van der Waals surface area contributed by atoms with Gasteiger partial charge in [0.1, 0.15) is 0 Å². The summed E-state index contributed by atoms with van der Waals surface area (Å²) in [4.78, 5) is 15.2. The van der Waals surface area contributed by atoms with Crippen LogP contribution in [0.15, 0.2) is 6.07 Å². The predicted molar refractivity (Wildman–Crippen MR) is 78.0 cm³/mol. The molecule has 5 heteroatoms. The number of ketones is 1. The highest BCUT2D eigenvalue weighted by atomic mass is 32.1. The van der Waals surface area contributed by atoms with Crippen LogP contribution >= 0.6 is 11.3 Å². The standard InChI is InChI=1S/C14H20N2O2S/c1-2-10-8-16(5-6-18-10)12-7-11(15)14(19-12)13(17)9-3-4-9/h7,9-10H,2-6,8,15H2,1H3. The van der Waals surface area contributed by atoms with Crippen molar-refractivity contribution in [1.82, 2.24) is 0 Å². The van der Waals surface area contributed by atoms with Crippen molar-refractivity contribution in [3.05, 3.63) is 10.9 Å². The van der Waals surface area contributed by atoms with Crippen LogP contribution in [0, 0.1) is 5.92 Å². The van der Waals surface area contributed by atoms with Crippen LogP contribution in [0.3, 0.4) is 0 Å². The van der Waals surface area contributed by atoms with Gasteiger partial charge in [0, 0.05) is 19.0 Å². The molecule has 1 saturated heterocycles. The molecule has 2 N–H and O–H groups in total. The molecule has 4 nitrogen and oxygen atoms in total. The zero-order valence-corrected chi connectivity index (χ0v) is 12.0. The van der Waals surface area contributed by atoms with E-state index in [1.807, 2.05) is 6.07 Å². The Morgan fingerprint density at radius 3 is 3.05 bits per heavy atom. The second-order valence-corrected chi connectivity index (χ2v) is 6.39. The molecule has 1 aromatic rings. The van der Waals surface area contributed by atoms with Crippen molar-refractivity contribution >= 4 is 27.8 Å². The first-order valence-corrected chi connectivity index (χ1v) is 7.80. The minimum Gasteiger partial charge on any atom is -0.397 e. The molecule has 0 bridgehead atoms. The van der Waals surface area contributed by atoms with E-state index in [2.05, 4.69) is 11.8 Å². The molecule has 104 valence electrons. The van der Waals surface area contributed by atoms with E-state index in [0.29, 0.717) is 11.8 Å². The average molecular weight is 280 g/mol. The van der Waals surface area contributed by atoms with Crippen molar-refractivity contribution in [2.24, 2.45) is 5.92 Å². The van der Waals surface area contributed by atoms with Crippen LogP contribution in [-0.2, 0) is 4.74 Å². The summed E-state index contributed by atoms with van der Waals surface area (Å²) in [5.74, 6) is 0.482. The predicted octanol–water partition coefficient (Wildman–Crippen LogP) is 2.54. The van der Waals surface area contributed by atoms with Crippen LogP contribution in [0.5, 0.6) is 0 Å². The molecular formula is C14H20N2O2S. The Kier molecular flexibility index (Phi) is 3.50. The number of hydrogen-bond donors (Lipinski definition) is 1. The van der Waals surface area contributed by atoms with E-state index in [1.165, 1.54) is 0 Å². The van der Waals surface area contributed by atoms with Gasteiger partial charge in [-0.2, -0.15) is 0 Å². The zero-order chi connectivity index (χ0) is 13.4. The lowest BCUT2D eigenvalue weighted by Gasteiger charge is -2.33. The van der Waals surface area contributed by atoms with E-state index in [9.17, 15) is 4.79 Å². The van der Waals surface area contributed by atoms with Gasteiger partial charge in [-0.15, -0.1) is 11.3 Å². The topological polar surface area (TPSA) is 55.6 Å². The average Bonchev–Trinajstić information content (AvgIpc) is 3.21. The number of hydrogen-bond acceptors (Lipinski definition) is 5. The van der Waals surface area contributed by atoms with Crippen LogP contribution in [-0.4, -0.2) is 31.6 Å². The molecule has 1 atom stereocenters. The zero-order valence-electron chi connectivity index (χ0n) is 11.2. The number of nitrogens with two attached hydrogens (primary N) is 1. The van der Waals surface area contributed by atoms with Crippen LogP contribution in [0.1, 0.15) is 35.9 Å². The first-order chi connectivity index (χ1) is 9.19. The van der Waals surface area contributed by atoms with Gasteiger partial charge in [-0.05, 0) is 25.3 Å². The molecule has 1 unspecified atom stereocenters. The van der Waals surface area contributed by atoms with Gasteiger partial charge in [0.15, 0.2) is 5.78 Å². The van der Waals surface area contributed by atoms with Crippen molar-refractivity contribution in [3.8, 4) is 0 Å². The molecule has 0 spiro atoms. The number of carbonyl (C=O) groups excluding carboxylic acids is 1. The van der Waals surface area contributed by atoms with E-state index < -0.39 is 0 Å². The largest absolute Gasteiger partial charge is 0.397 e. The number of anilines is 2. The van der Waals surface area contributed by atoms with Gasteiger partial charge in [0.05, 0.1) is 28.3 Å². The van der Waals surface area contributed by atoms with Crippen LogP contribution in [0.2, 0.25) is 0 Å². The van der Waals surface area contributed by atoms with E-state index >= 15 is 0 Å². The van der Waals surface area contributed by atoms with Crippen molar-refractivity contribution in [1.29, 1.82) is 0 Å². The maximum absolute atomic E-state index is 12.1. The van der Waals surface area contributed by atoms with Crippen LogP contribution < -0.4 is 10.6 Å². The fraction of sp³-hybridized carbons (Fsp3) is 0.643. The minimum atomic E-state index is 0.238. The molecule has 2 aliphatic rings. The van der Waals surface area contributed by atoms with Gasteiger partial charge in [-0.25, -0.2) is 0 Å². The first kappa shape index (κ1) is 12.9. The number of rotatable bonds is 4. The number of carbonyl (C=O) groups is 1. The Hall–Kier alpha value is -1.07. The Morgan fingerprint density at radius 1 is 1.58 bits per heavy atom. The molecule has 1 saturated carbocycles. The maximum atomic E-state index is 12.1. The monoisotopic (exact) mass is 280 g/mol. The van der Waals surface area contributed by atoms with Gasteiger partial charge in [-0.1, -0.05) is 6.92 Å². The summed E-state index contributed by atoms with van der Waals surface area (Å²) in [5, 5.41) is 1.11. The SMILES string of the molecule is CCC1CN(c2cc(N)c(C(=O)C3CC3)s2)CCO1. The number of ether oxygens (including phenoxy) is 1. The molecule has 2 fully saturated rings. The quantitative estimate of drug-likeness (QED) is 0.861. The summed E-state index contributed by atoms with van der Waals surface area (Å²) in [6, 6.07) is 1.96. The van der Waals surface area contributed by atoms with E-state index in [4.69, 9.17) is 10.5 Å². The highest BCUT2D eigenvalue weighted by Gasteiger charge is 2.33. The Bertz CT molecular complexity index is 482. The molecule has 0 amide bonds. The molecule has 0 radical (unpaired) electrons. The van der Waals surface area contributed by atoms with Gasteiger partial charge >= 0.3 is 0 Å². The molecule has 3 rings (SSSR count). The summed E-state index contributed by atoms with van der Waals surface area (Å²) in [5.41, 5.74) is 6.66. The van der Waals surface area contributed by atoms with E-state index in [-0.39, 0.29) is 11.7 Å². The molecule has 19 heavy (non-hydrogen) atoms. The minimum absolute atomic E-state index is 0.238. The molecule has 0 aromatic carbocycles. The third-order valence-electron chi connectivity index (χ3n) is 3.83. The lowest BCUT2D eigenvalue weighted by molar-refractivity contribution is 0.0386. The molecule has 1 aromatic heterocycles. The normalized spacial score (nSPS) is 23.6. The second kappa shape index (κ2) is 5.13. The summed E-state index contributed by atoms with van der Waals surface area (Å²) in [7, 11) is 0. The number of thiophene rings is 1. The van der Waals surface area contributed by atoms with Crippen molar-refractivity contribution in [2.45, 2.75) is 32.3 Å². The number of nitrogen functional groups attached to an aromatic ring is 1. The lowest BCUT2D eigenvalue weighted by Crippen LogP contribution is -2.41. The van der Waals surface area contributed by atoms with E-state index in [1.54, 1.807) is 11.3 Å². The third kappa shape index (κ3) is 2.62. The van der Waals surface area contributed by atoms with Crippen molar-refractivity contribution in [3.63, 3.8) is 0 Å². The fourth-order valence-electron chi connectivity index (χ4n) is 2.44. The number of nitrogens with zero attached hydrogens (tertiary/aromatic N) is 1. The van der Waals surface area contributed by atoms with Gasteiger partial charge in [0.2, 0.25) is 0 Å². The van der Waals surface area contributed by atoms with Crippen LogP contribution in [0.4, 0.5) is 10.7 Å². The highest BCUT2D eigenvalue weighted by Crippen LogP contribution is 2.40. The van der Waals surface area contributed by atoms with Gasteiger partial charge in [0.25, 0.3) is 0 Å².